The van der Waals surface area contributed by atoms with Crippen LogP contribution in [0.3, 0.4) is 0 Å². The van der Waals surface area contributed by atoms with Crippen molar-refractivity contribution in [2.24, 2.45) is 0 Å². The molecule has 0 unspecified atom stereocenters. The van der Waals surface area contributed by atoms with Gasteiger partial charge in [0.05, 0.1) is 6.54 Å². The van der Waals surface area contributed by atoms with Gasteiger partial charge in [-0.05, 0) is 15.9 Å². The number of rotatable bonds is 2. The largest absolute Gasteiger partial charge is 0.384 e. The molecule has 3 heterocycles. The van der Waals surface area contributed by atoms with Crippen molar-refractivity contribution in [2.45, 2.75) is 6.54 Å². The van der Waals surface area contributed by atoms with E-state index in [0.29, 0.717) is 23.5 Å². The third kappa shape index (κ3) is 1.69. The van der Waals surface area contributed by atoms with Crippen LogP contribution in [-0.4, -0.2) is 24.8 Å². The molecule has 0 saturated carbocycles. The fourth-order valence-corrected chi connectivity index (χ4v) is 2.39. The molecule has 0 aliphatic carbocycles. The molecule has 0 saturated heterocycles. The van der Waals surface area contributed by atoms with Gasteiger partial charge in [-0.25, -0.2) is 14.6 Å². The quantitative estimate of drug-likeness (QED) is 0.593. The lowest BCUT2D eigenvalue weighted by molar-refractivity contribution is 0.314. The number of nitrogens with two attached hydrogens (primary N) is 1. The molecule has 8 heteroatoms. The molecule has 0 aliphatic rings. The van der Waals surface area contributed by atoms with E-state index in [1.807, 2.05) is 30.3 Å². The lowest BCUT2D eigenvalue weighted by atomic mass is 10.2. The van der Waals surface area contributed by atoms with Crippen LogP contribution >= 0.6 is 0 Å². The van der Waals surface area contributed by atoms with Gasteiger partial charge in [0.15, 0.2) is 5.65 Å². The molecule has 4 aromatic rings. The summed E-state index contributed by atoms with van der Waals surface area (Å²) in [6.45, 7) is 0.482. The SMILES string of the molecule is N#Cc1c(N)n(Cc2ccccc2)c2nc3nonc3nc12. The normalized spacial score (nSPS) is 11.0. The Morgan fingerprint density at radius 2 is 1.86 bits per heavy atom. The molecule has 2 N–H and O–H groups in total. The number of benzene rings is 1. The summed E-state index contributed by atoms with van der Waals surface area (Å²) in [5.41, 5.74) is 8.84. The number of hydrogen-bond donors (Lipinski definition) is 1. The summed E-state index contributed by atoms with van der Waals surface area (Å²) in [4.78, 5) is 8.64. The zero-order valence-electron chi connectivity index (χ0n) is 11.3. The van der Waals surface area contributed by atoms with Gasteiger partial charge >= 0.3 is 0 Å². The third-order valence-corrected chi connectivity index (χ3v) is 3.43. The van der Waals surface area contributed by atoms with E-state index in [9.17, 15) is 5.26 Å². The molecule has 3 aromatic heterocycles. The molecule has 0 spiro atoms. The molecule has 0 radical (unpaired) electrons. The summed E-state index contributed by atoms with van der Waals surface area (Å²) < 4.78 is 6.36. The fourth-order valence-electron chi connectivity index (χ4n) is 2.39. The number of fused-ring (bicyclic) bond motifs is 2. The summed E-state index contributed by atoms with van der Waals surface area (Å²) >= 11 is 0. The average molecular weight is 291 g/mol. The average Bonchev–Trinajstić information content (AvgIpc) is 3.09. The van der Waals surface area contributed by atoms with E-state index < -0.39 is 0 Å². The molecule has 0 aliphatic heterocycles. The molecule has 22 heavy (non-hydrogen) atoms. The van der Waals surface area contributed by atoms with Gasteiger partial charge in [-0.15, -0.1) is 0 Å². The lowest BCUT2D eigenvalue weighted by Crippen LogP contribution is -2.05. The molecule has 0 atom stereocenters. The molecule has 0 amide bonds. The van der Waals surface area contributed by atoms with Crippen molar-refractivity contribution < 1.29 is 4.63 Å². The summed E-state index contributed by atoms with van der Waals surface area (Å²) in [5, 5.41) is 16.7. The summed E-state index contributed by atoms with van der Waals surface area (Å²) in [6, 6.07) is 11.8. The van der Waals surface area contributed by atoms with E-state index in [-0.39, 0.29) is 16.9 Å². The Morgan fingerprint density at radius 1 is 1.14 bits per heavy atom. The van der Waals surface area contributed by atoms with Crippen LogP contribution in [0.4, 0.5) is 5.82 Å². The van der Waals surface area contributed by atoms with Crippen LogP contribution < -0.4 is 5.73 Å². The summed E-state index contributed by atoms with van der Waals surface area (Å²) in [6.07, 6.45) is 0. The highest BCUT2D eigenvalue weighted by Crippen LogP contribution is 2.27. The topological polar surface area (TPSA) is 119 Å². The van der Waals surface area contributed by atoms with Crippen LogP contribution in [0.1, 0.15) is 11.1 Å². The predicted octanol–water partition coefficient (Wildman–Crippen LogP) is 1.47. The van der Waals surface area contributed by atoms with Crippen molar-refractivity contribution >= 4 is 28.3 Å². The molecule has 0 fully saturated rings. The molecular formula is C14H9N7O. The molecule has 106 valence electrons. The van der Waals surface area contributed by atoms with Gasteiger partial charge in [0.25, 0.3) is 0 Å². The van der Waals surface area contributed by atoms with Crippen molar-refractivity contribution in [3.8, 4) is 6.07 Å². The number of nitrogen functional groups attached to an aromatic ring is 1. The van der Waals surface area contributed by atoms with Crippen molar-refractivity contribution in [3.63, 3.8) is 0 Å². The molecule has 1 aromatic carbocycles. The Hall–Kier alpha value is -3.47. The number of anilines is 1. The maximum atomic E-state index is 9.35. The predicted molar refractivity (Wildman–Crippen MR) is 77.6 cm³/mol. The first-order chi connectivity index (χ1) is 10.8. The minimum absolute atomic E-state index is 0.251. The van der Waals surface area contributed by atoms with Gasteiger partial charge in [0, 0.05) is 0 Å². The molecule has 0 bridgehead atoms. The number of nitrogens with zero attached hydrogens (tertiary/aromatic N) is 6. The van der Waals surface area contributed by atoms with Crippen molar-refractivity contribution in [1.82, 2.24) is 24.8 Å². The second kappa shape index (κ2) is 4.53. The van der Waals surface area contributed by atoms with E-state index in [1.165, 1.54) is 0 Å². The first-order valence-corrected chi connectivity index (χ1v) is 6.50. The van der Waals surface area contributed by atoms with Gasteiger partial charge in [0.2, 0.25) is 11.3 Å². The van der Waals surface area contributed by atoms with Crippen LogP contribution in [0.15, 0.2) is 35.0 Å². The zero-order valence-corrected chi connectivity index (χ0v) is 11.3. The second-order valence-corrected chi connectivity index (χ2v) is 4.75. The Labute approximate surface area is 123 Å². The maximum Gasteiger partial charge on any atom is 0.245 e. The van der Waals surface area contributed by atoms with Crippen LogP contribution in [0, 0.1) is 11.3 Å². The minimum Gasteiger partial charge on any atom is -0.384 e. The van der Waals surface area contributed by atoms with Crippen molar-refractivity contribution in [3.05, 3.63) is 41.5 Å². The van der Waals surface area contributed by atoms with Crippen LogP contribution in [-0.2, 0) is 6.54 Å². The van der Waals surface area contributed by atoms with E-state index in [0.717, 1.165) is 5.56 Å². The number of nitriles is 1. The van der Waals surface area contributed by atoms with Gasteiger partial charge < -0.3 is 10.3 Å². The Bertz CT molecular complexity index is 1030. The Balaban J connectivity index is 2.00. The van der Waals surface area contributed by atoms with Gasteiger partial charge in [-0.2, -0.15) is 5.26 Å². The van der Waals surface area contributed by atoms with Crippen LogP contribution in [0.2, 0.25) is 0 Å². The Kier molecular flexibility index (Phi) is 2.53. The minimum atomic E-state index is 0.251. The lowest BCUT2D eigenvalue weighted by Gasteiger charge is -2.06. The van der Waals surface area contributed by atoms with E-state index in [2.05, 4.69) is 31.0 Å². The molecule has 4 rings (SSSR count). The monoisotopic (exact) mass is 291 g/mol. The molecular weight excluding hydrogens is 282 g/mol. The highest BCUT2D eigenvalue weighted by molar-refractivity contribution is 5.90. The van der Waals surface area contributed by atoms with Crippen LogP contribution in [0.25, 0.3) is 22.5 Å². The highest BCUT2D eigenvalue weighted by Gasteiger charge is 2.20. The molecule has 8 nitrogen and oxygen atoms in total. The fraction of sp³-hybridized carbons (Fsp3) is 0.0714. The van der Waals surface area contributed by atoms with Gasteiger partial charge in [-0.3, -0.25) is 0 Å². The summed E-state index contributed by atoms with van der Waals surface area (Å²) in [7, 11) is 0. The number of aromatic nitrogens is 5. The maximum absolute atomic E-state index is 9.35. The van der Waals surface area contributed by atoms with Gasteiger partial charge in [-0.1, -0.05) is 30.3 Å². The second-order valence-electron chi connectivity index (χ2n) is 4.75. The first-order valence-electron chi connectivity index (χ1n) is 6.50. The van der Waals surface area contributed by atoms with Gasteiger partial charge in [0.1, 0.15) is 23.0 Å². The Morgan fingerprint density at radius 3 is 2.59 bits per heavy atom. The van der Waals surface area contributed by atoms with Crippen LogP contribution in [0.5, 0.6) is 0 Å². The first kappa shape index (κ1) is 12.3. The van der Waals surface area contributed by atoms with Crippen molar-refractivity contribution in [1.29, 1.82) is 5.26 Å². The van der Waals surface area contributed by atoms with E-state index in [4.69, 9.17) is 5.73 Å². The standard InChI is InChI=1S/C14H9N7O/c15-6-9-10-14(18-13-12(17-10)19-22-20-13)21(11(9)16)7-8-4-2-1-3-5-8/h1-5H,7,16H2. The van der Waals surface area contributed by atoms with E-state index >= 15 is 0 Å². The number of hydrogen-bond acceptors (Lipinski definition) is 7. The summed E-state index contributed by atoms with van der Waals surface area (Å²) in [5.74, 6) is 0.325. The van der Waals surface area contributed by atoms with Crippen molar-refractivity contribution in [2.75, 3.05) is 5.73 Å². The highest BCUT2D eigenvalue weighted by atomic mass is 16.6. The van der Waals surface area contributed by atoms with E-state index in [1.54, 1.807) is 4.57 Å². The zero-order chi connectivity index (χ0) is 15.1. The smallest absolute Gasteiger partial charge is 0.245 e. The third-order valence-electron chi connectivity index (χ3n) is 3.43.